The Balaban J connectivity index is 1.55. The molecule has 1 aromatic heterocycles. The summed E-state index contributed by atoms with van der Waals surface area (Å²) in [6.07, 6.45) is 0. The lowest BCUT2D eigenvalue weighted by Gasteiger charge is -2.08. The van der Waals surface area contributed by atoms with Crippen molar-refractivity contribution < 1.29 is 9.53 Å². The van der Waals surface area contributed by atoms with Crippen LogP contribution in [0.2, 0.25) is 0 Å². The fraction of sp³-hybridized carbons (Fsp3) is 0.200. The molecule has 25 heavy (non-hydrogen) atoms. The minimum Gasteiger partial charge on any atom is -0.486 e. The average Bonchev–Trinajstić information content (AvgIpc) is 3.09. The monoisotopic (exact) mass is 352 g/mol. The second-order valence-electron chi connectivity index (χ2n) is 5.85. The molecule has 1 amide bonds. The van der Waals surface area contributed by atoms with Gasteiger partial charge in [0.1, 0.15) is 23.1 Å². The molecule has 0 fully saturated rings. The lowest BCUT2D eigenvalue weighted by molar-refractivity contribution is 0.0946. The van der Waals surface area contributed by atoms with Crippen molar-refractivity contribution in [3.63, 3.8) is 0 Å². The highest BCUT2D eigenvalue weighted by Crippen LogP contribution is 2.21. The van der Waals surface area contributed by atoms with E-state index in [4.69, 9.17) is 4.74 Å². The van der Waals surface area contributed by atoms with Crippen molar-refractivity contribution in [1.82, 2.24) is 10.3 Å². The lowest BCUT2D eigenvalue weighted by Crippen LogP contribution is -2.23. The van der Waals surface area contributed by atoms with Gasteiger partial charge in [0.2, 0.25) is 0 Å². The van der Waals surface area contributed by atoms with Crippen molar-refractivity contribution in [1.29, 1.82) is 0 Å². The summed E-state index contributed by atoms with van der Waals surface area (Å²) in [4.78, 5) is 16.6. The summed E-state index contributed by atoms with van der Waals surface area (Å²) >= 11 is 1.43. The van der Waals surface area contributed by atoms with Gasteiger partial charge in [-0.2, -0.15) is 0 Å². The SMILES string of the molecule is Cc1ccc(OCc2nc(C(=O)NCc3ccccc3)cs2)c(C)c1. The highest BCUT2D eigenvalue weighted by atomic mass is 32.1. The third-order valence-electron chi connectivity index (χ3n) is 3.76. The zero-order chi connectivity index (χ0) is 17.6. The van der Waals surface area contributed by atoms with Crippen molar-refractivity contribution in [2.24, 2.45) is 0 Å². The molecule has 0 unspecified atom stereocenters. The maximum atomic E-state index is 12.2. The van der Waals surface area contributed by atoms with Gasteiger partial charge in [-0.15, -0.1) is 11.3 Å². The molecule has 5 heteroatoms. The van der Waals surface area contributed by atoms with Crippen molar-refractivity contribution in [3.05, 3.63) is 81.3 Å². The third-order valence-corrected chi connectivity index (χ3v) is 4.58. The van der Waals surface area contributed by atoms with Crippen LogP contribution in [0.3, 0.4) is 0 Å². The predicted molar refractivity (Wildman–Crippen MR) is 100.0 cm³/mol. The summed E-state index contributed by atoms with van der Waals surface area (Å²) in [5, 5.41) is 5.43. The van der Waals surface area contributed by atoms with Gasteiger partial charge in [0.15, 0.2) is 0 Å². The van der Waals surface area contributed by atoms with Crippen LogP contribution in [0.4, 0.5) is 0 Å². The van der Waals surface area contributed by atoms with Crippen LogP contribution in [0.1, 0.15) is 32.2 Å². The second kappa shape index (κ2) is 7.94. The number of aryl methyl sites for hydroxylation is 2. The van der Waals surface area contributed by atoms with E-state index in [2.05, 4.69) is 23.3 Å². The van der Waals surface area contributed by atoms with Gasteiger partial charge < -0.3 is 10.1 Å². The largest absolute Gasteiger partial charge is 0.486 e. The first-order valence-corrected chi connectivity index (χ1v) is 8.96. The number of nitrogens with zero attached hydrogens (tertiary/aromatic N) is 1. The molecule has 0 aliphatic heterocycles. The molecule has 0 radical (unpaired) electrons. The van der Waals surface area contributed by atoms with Gasteiger partial charge >= 0.3 is 0 Å². The predicted octanol–water partition coefficient (Wildman–Crippen LogP) is 4.27. The summed E-state index contributed by atoms with van der Waals surface area (Å²) in [6, 6.07) is 15.9. The maximum Gasteiger partial charge on any atom is 0.271 e. The molecule has 0 saturated heterocycles. The summed E-state index contributed by atoms with van der Waals surface area (Å²) in [7, 11) is 0. The van der Waals surface area contributed by atoms with Crippen LogP contribution in [0.25, 0.3) is 0 Å². The molecule has 0 aliphatic carbocycles. The van der Waals surface area contributed by atoms with Gasteiger partial charge in [0.25, 0.3) is 5.91 Å². The number of thiazole rings is 1. The summed E-state index contributed by atoms with van der Waals surface area (Å²) in [6.45, 7) is 4.93. The molecule has 3 rings (SSSR count). The Kier molecular flexibility index (Phi) is 5.46. The zero-order valence-corrected chi connectivity index (χ0v) is 15.1. The Morgan fingerprint density at radius 1 is 1.16 bits per heavy atom. The number of rotatable bonds is 6. The Morgan fingerprint density at radius 2 is 1.96 bits per heavy atom. The van der Waals surface area contributed by atoms with E-state index in [1.165, 1.54) is 16.9 Å². The fourth-order valence-corrected chi connectivity index (χ4v) is 3.14. The lowest BCUT2D eigenvalue weighted by atomic mass is 10.1. The van der Waals surface area contributed by atoms with Crippen LogP contribution in [0, 0.1) is 13.8 Å². The van der Waals surface area contributed by atoms with Crippen molar-refractivity contribution in [3.8, 4) is 5.75 Å². The van der Waals surface area contributed by atoms with Crippen LogP contribution in [-0.2, 0) is 13.2 Å². The molecular weight excluding hydrogens is 332 g/mol. The Morgan fingerprint density at radius 3 is 2.72 bits per heavy atom. The number of ether oxygens (including phenoxy) is 1. The number of benzene rings is 2. The van der Waals surface area contributed by atoms with E-state index < -0.39 is 0 Å². The highest BCUT2D eigenvalue weighted by Gasteiger charge is 2.11. The Bertz CT molecular complexity index is 859. The quantitative estimate of drug-likeness (QED) is 0.721. The minimum absolute atomic E-state index is 0.169. The number of amides is 1. The topological polar surface area (TPSA) is 51.2 Å². The van der Waals surface area contributed by atoms with Crippen LogP contribution in [0.5, 0.6) is 5.75 Å². The number of aromatic nitrogens is 1. The summed E-state index contributed by atoms with van der Waals surface area (Å²) < 4.78 is 5.82. The van der Waals surface area contributed by atoms with E-state index in [1.54, 1.807) is 5.38 Å². The molecule has 0 atom stereocenters. The number of hydrogen-bond donors (Lipinski definition) is 1. The van der Waals surface area contributed by atoms with Gasteiger partial charge in [-0.3, -0.25) is 4.79 Å². The van der Waals surface area contributed by atoms with Crippen molar-refractivity contribution >= 4 is 17.2 Å². The molecule has 0 bridgehead atoms. The van der Waals surface area contributed by atoms with E-state index in [9.17, 15) is 4.79 Å². The molecular formula is C20H20N2O2S. The van der Waals surface area contributed by atoms with Crippen LogP contribution in [0.15, 0.2) is 53.9 Å². The van der Waals surface area contributed by atoms with E-state index in [0.717, 1.165) is 21.9 Å². The summed E-state index contributed by atoms with van der Waals surface area (Å²) in [5.41, 5.74) is 3.79. The van der Waals surface area contributed by atoms with E-state index in [0.29, 0.717) is 18.8 Å². The zero-order valence-electron chi connectivity index (χ0n) is 14.3. The molecule has 1 N–H and O–H groups in total. The maximum absolute atomic E-state index is 12.2. The van der Waals surface area contributed by atoms with Gasteiger partial charge in [0, 0.05) is 11.9 Å². The first kappa shape index (κ1) is 17.2. The first-order chi connectivity index (χ1) is 12.1. The molecule has 0 aliphatic rings. The first-order valence-electron chi connectivity index (χ1n) is 8.08. The van der Waals surface area contributed by atoms with E-state index in [-0.39, 0.29) is 5.91 Å². The molecule has 0 saturated carbocycles. The normalized spacial score (nSPS) is 10.5. The number of nitrogens with one attached hydrogen (secondary N) is 1. The van der Waals surface area contributed by atoms with Crippen molar-refractivity contribution in [2.75, 3.05) is 0 Å². The van der Waals surface area contributed by atoms with Gasteiger partial charge in [-0.25, -0.2) is 4.98 Å². The van der Waals surface area contributed by atoms with E-state index >= 15 is 0 Å². The number of carbonyl (C=O) groups is 1. The van der Waals surface area contributed by atoms with Crippen molar-refractivity contribution in [2.45, 2.75) is 27.0 Å². The smallest absolute Gasteiger partial charge is 0.271 e. The molecule has 1 heterocycles. The summed E-state index contributed by atoms with van der Waals surface area (Å²) in [5.74, 6) is 0.675. The Labute approximate surface area is 151 Å². The molecule has 3 aromatic rings. The van der Waals surface area contributed by atoms with Crippen LogP contribution in [-0.4, -0.2) is 10.9 Å². The van der Waals surface area contributed by atoms with Gasteiger partial charge in [-0.1, -0.05) is 48.0 Å². The van der Waals surface area contributed by atoms with Gasteiger partial charge in [0.05, 0.1) is 0 Å². The second-order valence-corrected chi connectivity index (χ2v) is 6.80. The molecule has 2 aromatic carbocycles. The number of carbonyl (C=O) groups excluding carboxylic acids is 1. The Hall–Kier alpha value is -2.66. The molecule has 4 nitrogen and oxygen atoms in total. The third kappa shape index (κ3) is 4.67. The van der Waals surface area contributed by atoms with Crippen LogP contribution < -0.4 is 10.1 Å². The standard InChI is InChI=1S/C20H20N2O2S/c1-14-8-9-18(15(2)10-14)24-12-19-22-17(13-25-19)20(23)21-11-16-6-4-3-5-7-16/h3-10,13H,11-12H2,1-2H3,(H,21,23). The molecule has 128 valence electrons. The highest BCUT2D eigenvalue weighted by molar-refractivity contribution is 7.09. The average molecular weight is 352 g/mol. The minimum atomic E-state index is -0.169. The molecule has 0 spiro atoms. The van der Waals surface area contributed by atoms with Gasteiger partial charge in [-0.05, 0) is 31.0 Å². The fourth-order valence-electron chi connectivity index (χ4n) is 2.45. The number of hydrogen-bond acceptors (Lipinski definition) is 4. The van der Waals surface area contributed by atoms with E-state index in [1.807, 2.05) is 49.4 Å². The van der Waals surface area contributed by atoms with Crippen LogP contribution >= 0.6 is 11.3 Å².